The van der Waals surface area contributed by atoms with Crippen LogP contribution in [0.2, 0.25) is 0 Å². The van der Waals surface area contributed by atoms with E-state index in [1.807, 2.05) is 13.8 Å². The maximum atomic E-state index is 13.6. The van der Waals surface area contributed by atoms with Gasteiger partial charge in [-0.3, -0.25) is 9.59 Å². The molecule has 9 heteroatoms. The number of nitrogens with zero attached hydrogens (tertiary/aromatic N) is 5. The standard InChI is InChI=1S/C26H23F2N5O2/c1-26(2)15-31(16-34)11-12-32(26)25(35)23-14-33-24(29-23)21(17-3-7-19(27)8-4-17)13-22(30-33)18-5-9-20(28)10-6-18/h3-10,13-14,16H,11-12,15H2,1-2H3. The molecule has 2 amide bonds. The maximum Gasteiger partial charge on any atom is 0.274 e. The Balaban J connectivity index is 1.62. The number of aromatic nitrogens is 3. The monoisotopic (exact) mass is 475 g/mol. The first kappa shape index (κ1) is 22.6. The summed E-state index contributed by atoms with van der Waals surface area (Å²) in [5.74, 6) is -0.991. The molecule has 5 rings (SSSR count). The average molecular weight is 475 g/mol. The zero-order chi connectivity index (χ0) is 24.7. The van der Waals surface area contributed by atoms with Crippen LogP contribution >= 0.6 is 0 Å². The van der Waals surface area contributed by atoms with Crippen molar-refractivity contribution in [2.75, 3.05) is 19.6 Å². The van der Waals surface area contributed by atoms with Crippen LogP contribution in [0.4, 0.5) is 8.78 Å². The van der Waals surface area contributed by atoms with Gasteiger partial charge in [-0.1, -0.05) is 12.1 Å². The highest BCUT2D eigenvalue weighted by Crippen LogP contribution is 2.30. The van der Waals surface area contributed by atoms with Crippen molar-refractivity contribution >= 4 is 18.0 Å². The lowest BCUT2D eigenvalue weighted by molar-refractivity contribution is -0.122. The van der Waals surface area contributed by atoms with Crippen molar-refractivity contribution < 1.29 is 18.4 Å². The Labute approximate surface area is 200 Å². The number of carbonyl (C=O) groups is 2. The molecule has 35 heavy (non-hydrogen) atoms. The molecule has 0 spiro atoms. The second kappa shape index (κ2) is 8.57. The van der Waals surface area contributed by atoms with Crippen LogP contribution in [0.3, 0.4) is 0 Å². The quantitative estimate of drug-likeness (QED) is 0.418. The Morgan fingerprint density at radius 1 is 0.971 bits per heavy atom. The summed E-state index contributed by atoms with van der Waals surface area (Å²) in [4.78, 5) is 32.7. The Morgan fingerprint density at radius 2 is 1.60 bits per heavy atom. The Morgan fingerprint density at radius 3 is 2.20 bits per heavy atom. The highest BCUT2D eigenvalue weighted by molar-refractivity contribution is 5.94. The van der Waals surface area contributed by atoms with Crippen molar-refractivity contribution in [2.24, 2.45) is 0 Å². The fourth-order valence-electron chi connectivity index (χ4n) is 4.48. The minimum absolute atomic E-state index is 0.213. The largest absolute Gasteiger partial charge is 0.341 e. The molecule has 2 aromatic heterocycles. The molecule has 1 fully saturated rings. The topological polar surface area (TPSA) is 70.8 Å². The van der Waals surface area contributed by atoms with E-state index in [4.69, 9.17) is 0 Å². The first-order valence-corrected chi connectivity index (χ1v) is 11.2. The molecule has 0 N–H and O–H groups in total. The number of fused-ring (bicyclic) bond motifs is 1. The van der Waals surface area contributed by atoms with Gasteiger partial charge in [0.05, 0.1) is 17.4 Å². The number of carbonyl (C=O) groups excluding carboxylic acids is 2. The van der Waals surface area contributed by atoms with Crippen LogP contribution in [-0.2, 0) is 4.79 Å². The third kappa shape index (κ3) is 4.25. The van der Waals surface area contributed by atoms with E-state index in [1.165, 1.54) is 28.8 Å². The van der Waals surface area contributed by atoms with Gasteiger partial charge >= 0.3 is 0 Å². The molecule has 0 atom stereocenters. The van der Waals surface area contributed by atoms with Gasteiger partial charge in [0.25, 0.3) is 5.91 Å². The molecule has 178 valence electrons. The SMILES string of the molecule is CC1(C)CN(C=O)CCN1C(=O)c1cn2nc(-c3ccc(F)cc3)cc(-c3ccc(F)cc3)c2n1. The molecule has 0 aliphatic carbocycles. The lowest BCUT2D eigenvalue weighted by Gasteiger charge is -2.45. The molecule has 1 aliphatic rings. The van der Waals surface area contributed by atoms with Gasteiger partial charge < -0.3 is 9.80 Å². The van der Waals surface area contributed by atoms with Crippen LogP contribution in [0.15, 0.2) is 60.8 Å². The zero-order valence-electron chi connectivity index (χ0n) is 19.3. The molecule has 7 nitrogen and oxygen atoms in total. The molecule has 1 aliphatic heterocycles. The lowest BCUT2D eigenvalue weighted by atomic mass is 9.98. The van der Waals surface area contributed by atoms with Gasteiger partial charge in [0.2, 0.25) is 6.41 Å². The first-order chi connectivity index (χ1) is 16.7. The maximum absolute atomic E-state index is 13.6. The molecule has 4 aromatic rings. The summed E-state index contributed by atoms with van der Waals surface area (Å²) in [5, 5.41) is 4.62. The summed E-state index contributed by atoms with van der Waals surface area (Å²) in [6.45, 7) is 5.07. The van der Waals surface area contributed by atoms with Crippen molar-refractivity contribution in [1.82, 2.24) is 24.4 Å². The fraction of sp³-hybridized carbons (Fsp3) is 0.231. The van der Waals surface area contributed by atoms with E-state index in [0.717, 1.165) is 6.41 Å². The molecule has 1 saturated heterocycles. The molecule has 3 heterocycles. The molecule has 0 radical (unpaired) electrons. The van der Waals surface area contributed by atoms with Crippen LogP contribution in [0, 0.1) is 11.6 Å². The normalized spacial score (nSPS) is 15.4. The van der Waals surface area contributed by atoms with E-state index in [0.29, 0.717) is 47.7 Å². The Hall–Kier alpha value is -4.14. The number of halogens is 2. The van der Waals surface area contributed by atoms with E-state index < -0.39 is 5.54 Å². The van der Waals surface area contributed by atoms with E-state index in [2.05, 4.69) is 10.1 Å². The van der Waals surface area contributed by atoms with Crippen LogP contribution in [0.1, 0.15) is 24.3 Å². The second-order valence-corrected chi connectivity index (χ2v) is 9.20. The van der Waals surface area contributed by atoms with Gasteiger partial charge in [-0.25, -0.2) is 18.3 Å². The van der Waals surface area contributed by atoms with Crippen molar-refractivity contribution in [3.05, 3.63) is 78.1 Å². The fourth-order valence-corrected chi connectivity index (χ4v) is 4.48. The highest BCUT2D eigenvalue weighted by Gasteiger charge is 2.37. The van der Waals surface area contributed by atoms with Crippen LogP contribution in [0.25, 0.3) is 28.0 Å². The van der Waals surface area contributed by atoms with E-state index in [-0.39, 0.29) is 23.2 Å². The van der Waals surface area contributed by atoms with Crippen molar-refractivity contribution in [3.8, 4) is 22.4 Å². The lowest BCUT2D eigenvalue weighted by Crippen LogP contribution is -2.60. The minimum Gasteiger partial charge on any atom is -0.341 e. The second-order valence-electron chi connectivity index (χ2n) is 9.20. The Bertz CT molecular complexity index is 1410. The smallest absolute Gasteiger partial charge is 0.274 e. The van der Waals surface area contributed by atoms with Crippen LogP contribution < -0.4 is 0 Å². The van der Waals surface area contributed by atoms with Gasteiger partial charge in [-0.15, -0.1) is 0 Å². The van der Waals surface area contributed by atoms with Crippen LogP contribution in [-0.4, -0.2) is 61.9 Å². The summed E-state index contributed by atoms with van der Waals surface area (Å²) < 4.78 is 28.6. The van der Waals surface area contributed by atoms with Crippen molar-refractivity contribution in [3.63, 3.8) is 0 Å². The van der Waals surface area contributed by atoms with E-state index in [9.17, 15) is 18.4 Å². The van der Waals surface area contributed by atoms with E-state index in [1.54, 1.807) is 46.3 Å². The third-order valence-electron chi connectivity index (χ3n) is 6.27. The summed E-state index contributed by atoms with van der Waals surface area (Å²) in [6, 6.07) is 13.7. The average Bonchev–Trinajstić information content (AvgIpc) is 3.28. The number of piperazine rings is 1. The van der Waals surface area contributed by atoms with Gasteiger partial charge in [-0.05, 0) is 61.9 Å². The number of benzene rings is 2. The number of amides is 2. The number of hydrogen-bond acceptors (Lipinski definition) is 4. The summed E-state index contributed by atoms with van der Waals surface area (Å²) >= 11 is 0. The predicted molar refractivity (Wildman–Crippen MR) is 127 cm³/mol. The highest BCUT2D eigenvalue weighted by atomic mass is 19.1. The molecule has 0 bridgehead atoms. The summed E-state index contributed by atoms with van der Waals surface area (Å²) in [6.07, 6.45) is 2.37. The van der Waals surface area contributed by atoms with Crippen molar-refractivity contribution in [1.29, 1.82) is 0 Å². The molecular formula is C26H23F2N5O2. The zero-order valence-corrected chi connectivity index (χ0v) is 19.3. The van der Waals surface area contributed by atoms with Gasteiger partial charge in [-0.2, -0.15) is 5.10 Å². The number of imidazole rings is 1. The van der Waals surface area contributed by atoms with Gasteiger partial charge in [0, 0.05) is 30.8 Å². The molecular weight excluding hydrogens is 452 g/mol. The van der Waals surface area contributed by atoms with Crippen LogP contribution in [0.5, 0.6) is 0 Å². The molecule has 0 saturated carbocycles. The van der Waals surface area contributed by atoms with E-state index >= 15 is 0 Å². The summed E-state index contributed by atoms with van der Waals surface area (Å²) in [5.41, 5.74) is 2.67. The van der Waals surface area contributed by atoms with Gasteiger partial charge in [0.15, 0.2) is 5.65 Å². The number of hydrogen-bond donors (Lipinski definition) is 0. The van der Waals surface area contributed by atoms with Gasteiger partial charge in [0.1, 0.15) is 17.3 Å². The molecule has 0 unspecified atom stereocenters. The minimum atomic E-state index is -0.571. The first-order valence-electron chi connectivity index (χ1n) is 11.2. The van der Waals surface area contributed by atoms with Crippen molar-refractivity contribution in [2.45, 2.75) is 19.4 Å². The predicted octanol–water partition coefficient (Wildman–Crippen LogP) is 4.03. The number of rotatable bonds is 4. The Kier molecular flexibility index (Phi) is 5.55. The molecule has 2 aromatic carbocycles. The third-order valence-corrected chi connectivity index (χ3v) is 6.27. The summed E-state index contributed by atoms with van der Waals surface area (Å²) in [7, 11) is 0.